The third-order valence-corrected chi connectivity index (χ3v) is 4.64. The second-order valence-electron chi connectivity index (χ2n) is 6.17. The molecule has 0 spiro atoms. The molecule has 0 aliphatic heterocycles. The zero-order chi connectivity index (χ0) is 14.0. The molecule has 4 unspecified atom stereocenters. The molecule has 1 nitrogen and oxygen atoms in total. The van der Waals surface area contributed by atoms with Crippen molar-refractivity contribution >= 4 is 0 Å². The Labute approximate surface area is 114 Å². The lowest BCUT2D eigenvalue weighted by Crippen LogP contribution is -2.37. The van der Waals surface area contributed by atoms with Crippen molar-refractivity contribution in [2.75, 3.05) is 0 Å². The first kappa shape index (κ1) is 14.4. The zero-order valence-corrected chi connectivity index (χ0v) is 11.7. The number of nitrogens with two attached hydrogens (primary N) is 1. The number of hydrogen-bond acceptors (Lipinski definition) is 1. The maximum absolute atomic E-state index is 13.2. The molecule has 1 fully saturated rings. The Morgan fingerprint density at radius 2 is 1.74 bits per heavy atom. The minimum absolute atomic E-state index is 0.00356. The minimum Gasteiger partial charge on any atom is -0.327 e. The Kier molecular flexibility index (Phi) is 4.56. The van der Waals surface area contributed by atoms with E-state index in [-0.39, 0.29) is 6.04 Å². The van der Waals surface area contributed by atoms with E-state index >= 15 is 0 Å². The molecule has 1 aromatic rings. The topological polar surface area (TPSA) is 26.0 Å². The van der Waals surface area contributed by atoms with E-state index in [4.69, 9.17) is 5.73 Å². The van der Waals surface area contributed by atoms with Crippen molar-refractivity contribution in [3.63, 3.8) is 0 Å². The van der Waals surface area contributed by atoms with Gasteiger partial charge in [-0.15, -0.1) is 0 Å². The van der Waals surface area contributed by atoms with Crippen molar-refractivity contribution in [3.05, 3.63) is 35.4 Å². The molecule has 3 heteroatoms. The van der Waals surface area contributed by atoms with Gasteiger partial charge in [-0.05, 0) is 54.7 Å². The van der Waals surface area contributed by atoms with Crippen LogP contribution >= 0.6 is 0 Å². The smallest absolute Gasteiger partial charge is 0.126 e. The first-order valence-electron chi connectivity index (χ1n) is 7.16. The largest absolute Gasteiger partial charge is 0.327 e. The van der Waals surface area contributed by atoms with Gasteiger partial charge in [0.15, 0.2) is 0 Å². The van der Waals surface area contributed by atoms with Gasteiger partial charge in [0.1, 0.15) is 11.6 Å². The van der Waals surface area contributed by atoms with Gasteiger partial charge in [0.05, 0.1) is 0 Å². The summed E-state index contributed by atoms with van der Waals surface area (Å²) < 4.78 is 26.3. The average Bonchev–Trinajstić information content (AvgIpc) is 2.31. The zero-order valence-electron chi connectivity index (χ0n) is 11.7. The van der Waals surface area contributed by atoms with Crippen molar-refractivity contribution in [1.82, 2.24) is 0 Å². The monoisotopic (exact) mass is 267 g/mol. The van der Waals surface area contributed by atoms with E-state index in [1.165, 1.54) is 18.6 Å². The van der Waals surface area contributed by atoms with Crippen LogP contribution in [0.25, 0.3) is 0 Å². The summed E-state index contributed by atoms with van der Waals surface area (Å²) in [7, 11) is 0. The van der Waals surface area contributed by atoms with E-state index in [9.17, 15) is 8.78 Å². The Bertz CT molecular complexity index is 413. The fourth-order valence-corrected chi connectivity index (χ4v) is 3.15. The molecule has 0 heterocycles. The summed E-state index contributed by atoms with van der Waals surface area (Å²) in [6, 6.07) is 3.67. The van der Waals surface area contributed by atoms with Crippen LogP contribution in [0, 0.1) is 29.4 Å². The third-order valence-electron chi connectivity index (χ3n) is 4.64. The summed E-state index contributed by atoms with van der Waals surface area (Å²) >= 11 is 0. The number of halogens is 2. The maximum atomic E-state index is 13.2. The molecule has 19 heavy (non-hydrogen) atoms. The highest BCUT2D eigenvalue weighted by molar-refractivity contribution is 5.19. The van der Waals surface area contributed by atoms with Crippen LogP contribution in [-0.2, 0) is 6.42 Å². The fourth-order valence-electron chi connectivity index (χ4n) is 3.15. The summed E-state index contributed by atoms with van der Waals surface area (Å²) in [5.74, 6) is 0.877. The molecule has 4 atom stereocenters. The lowest BCUT2D eigenvalue weighted by atomic mass is 9.72. The SMILES string of the molecule is CC1CCC(C(N)Cc2cc(F)cc(F)c2)CC1C. The molecule has 1 aliphatic rings. The second-order valence-corrected chi connectivity index (χ2v) is 6.17. The molecule has 1 aliphatic carbocycles. The van der Waals surface area contributed by atoms with Gasteiger partial charge in [-0.1, -0.05) is 20.3 Å². The van der Waals surface area contributed by atoms with Gasteiger partial charge in [0, 0.05) is 12.1 Å². The van der Waals surface area contributed by atoms with Crippen molar-refractivity contribution < 1.29 is 8.78 Å². The van der Waals surface area contributed by atoms with Gasteiger partial charge in [0.25, 0.3) is 0 Å². The molecule has 1 saturated carbocycles. The number of rotatable bonds is 3. The summed E-state index contributed by atoms with van der Waals surface area (Å²) in [4.78, 5) is 0. The molecule has 2 N–H and O–H groups in total. The first-order chi connectivity index (χ1) is 8.95. The van der Waals surface area contributed by atoms with E-state index in [0.29, 0.717) is 23.8 Å². The fraction of sp³-hybridized carbons (Fsp3) is 0.625. The van der Waals surface area contributed by atoms with Gasteiger partial charge in [-0.2, -0.15) is 0 Å². The van der Waals surface area contributed by atoms with Crippen molar-refractivity contribution in [1.29, 1.82) is 0 Å². The predicted octanol–water partition coefficient (Wildman–Crippen LogP) is 3.91. The molecule has 0 radical (unpaired) electrons. The van der Waals surface area contributed by atoms with E-state index in [0.717, 1.165) is 24.8 Å². The molecular formula is C16H23F2N. The number of hydrogen-bond donors (Lipinski definition) is 1. The first-order valence-corrected chi connectivity index (χ1v) is 7.16. The molecule has 0 aromatic heterocycles. The Hall–Kier alpha value is -0.960. The van der Waals surface area contributed by atoms with Crippen LogP contribution in [0.3, 0.4) is 0 Å². The van der Waals surface area contributed by atoms with Gasteiger partial charge in [-0.3, -0.25) is 0 Å². The summed E-state index contributed by atoms with van der Waals surface area (Å²) in [6.07, 6.45) is 4.02. The molecule has 2 rings (SSSR count). The predicted molar refractivity (Wildman–Crippen MR) is 73.7 cm³/mol. The van der Waals surface area contributed by atoms with Crippen molar-refractivity contribution in [2.24, 2.45) is 23.5 Å². The van der Waals surface area contributed by atoms with Gasteiger partial charge < -0.3 is 5.73 Å². The van der Waals surface area contributed by atoms with Crippen molar-refractivity contribution in [3.8, 4) is 0 Å². The molecule has 0 saturated heterocycles. The summed E-state index contributed by atoms with van der Waals surface area (Å²) in [6.45, 7) is 4.56. The molecular weight excluding hydrogens is 244 g/mol. The standard InChI is InChI=1S/C16H23F2N/c1-10-3-4-13(5-11(10)2)16(19)8-12-6-14(17)9-15(18)7-12/h6-7,9-11,13,16H,3-5,8,19H2,1-2H3. The Morgan fingerprint density at radius 3 is 2.32 bits per heavy atom. The van der Waals surface area contributed by atoms with Crippen LogP contribution in [0.1, 0.15) is 38.7 Å². The van der Waals surface area contributed by atoms with Crippen molar-refractivity contribution in [2.45, 2.75) is 45.6 Å². The van der Waals surface area contributed by atoms with Crippen LogP contribution in [-0.4, -0.2) is 6.04 Å². The summed E-state index contributed by atoms with van der Waals surface area (Å²) in [5.41, 5.74) is 6.91. The third kappa shape index (κ3) is 3.75. The minimum atomic E-state index is -0.521. The van der Waals surface area contributed by atoms with Crippen LogP contribution in [0.2, 0.25) is 0 Å². The van der Waals surface area contributed by atoms with E-state index < -0.39 is 11.6 Å². The van der Waals surface area contributed by atoms with Crippen LogP contribution in [0.4, 0.5) is 8.78 Å². The Balaban J connectivity index is 1.98. The Morgan fingerprint density at radius 1 is 1.11 bits per heavy atom. The highest BCUT2D eigenvalue weighted by Crippen LogP contribution is 2.35. The number of benzene rings is 1. The van der Waals surface area contributed by atoms with E-state index in [2.05, 4.69) is 13.8 Å². The molecule has 106 valence electrons. The van der Waals surface area contributed by atoms with E-state index in [1.54, 1.807) is 0 Å². The van der Waals surface area contributed by atoms with Gasteiger partial charge in [0.2, 0.25) is 0 Å². The summed E-state index contributed by atoms with van der Waals surface area (Å²) in [5, 5.41) is 0. The van der Waals surface area contributed by atoms with Gasteiger partial charge in [-0.25, -0.2) is 8.78 Å². The van der Waals surface area contributed by atoms with Crippen LogP contribution in [0.15, 0.2) is 18.2 Å². The molecule has 0 amide bonds. The quantitative estimate of drug-likeness (QED) is 0.883. The average molecular weight is 267 g/mol. The normalized spacial score (nSPS) is 29.2. The van der Waals surface area contributed by atoms with Crippen LogP contribution < -0.4 is 5.73 Å². The van der Waals surface area contributed by atoms with E-state index in [1.807, 2.05) is 0 Å². The second kappa shape index (κ2) is 6.00. The molecule has 1 aromatic carbocycles. The highest BCUT2D eigenvalue weighted by atomic mass is 19.1. The van der Waals surface area contributed by atoms with Gasteiger partial charge >= 0.3 is 0 Å². The lowest BCUT2D eigenvalue weighted by molar-refractivity contribution is 0.185. The highest BCUT2D eigenvalue weighted by Gasteiger charge is 2.28. The van der Waals surface area contributed by atoms with Crippen LogP contribution in [0.5, 0.6) is 0 Å². The molecule has 0 bridgehead atoms. The lowest BCUT2D eigenvalue weighted by Gasteiger charge is -2.35. The maximum Gasteiger partial charge on any atom is 0.126 e.